The van der Waals surface area contributed by atoms with Crippen molar-refractivity contribution in [3.05, 3.63) is 34.4 Å². The largest absolute Gasteiger partial charge is 0.389 e. The SMILES string of the molecule is CCC(O)(CC)CNCc1cc(C)c(C)cc1C. The van der Waals surface area contributed by atoms with Crippen LogP contribution < -0.4 is 5.32 Å². The van der Waals surface area contributed by atoms with Crippen LogP contribution in [0, 0.1) is 20.8 Å². The van der Waals surface area contributed by atoms with Crippen molar-refractivity contribution in [2.75, 3.05) is 6.54 Å². The van der Waals surface area contributed by atoms with Crippen molar-refractivity contribution in [3.8, 4) is 0 Å². The molecule has 1 aromatic carbocycles. The van der Waals surface area contributed by atoms with Crippen LogP contribution in [0.15, 0.2) is 12.1 Å². The lowest BCUT2D eigenvalue weighted by Crippen LogP contribution is -2.39. The summed E-state index contributed by atoms with van der Waals surface area (Å²) in [6.45, 7) is 12.0. The lowest BCUT2D eigenvalue weighted by Gasteiger charge is -2.25. The van der Waals surface area contributed by atoms with Gasteiger partial charge in [0, 0.05) is 13.1 Å². The summed E-state index contributed by atoms with van der Waals surface area (Å²) in [5.41, 5.74) is 4.76. The molecule has 102 valence electrons. The van der Waals surface area contributed by atoms with Gasteiger partial charge in [-0.2, -0.15) is 0 Å². The fourth-order valence-corrected chi connectivity index (χ4v) is 2.14. The van der Waals surface area contributed by atoms with Crippen molar-refractivity contribution in [2.24, 2.45) is 0 Å². The predicted octanol–water partition coefficient (Wildman–Crippen LogP) is 3.25. The number of aliphatic hydroxyl groups is 1. The first-order chi connectivity index (χ1) is 8.41. The summed E-state index contributed by atoms with van der Waals surface area (Å²) >= 11 is 0. The molecule has 0 aliphatic rings. The van der Waals surface area contributed by atoms with E-state index in [2.05, 4.69) is 38.2 Å². The van der Waals surface area contributed by atoms with Gasteiger partial charge in [0.05, 0.1) is 5.60 Å². The van der Waals surface area contributed by atoms with Gasteiger partial charge < -0.3 is 10.4 Å². The van der Waals surface area contributed by atoms with E-state index in [0.717, 1.165) is 19.4 Å². The number of aryl methyl sites for hydroxylation is 3. The number of rotatable bonds is 6. The van der Waals surface area contributed by atoms with Crippen molar-refractivity contribution in [3.63, 3.8) is 0 Å². The first-order valence-corrected chi connectivity index (χ1v) is 6.91. The maximum absolute atomic E-state index is 10.2. The molecule has 0 fully saturated rings. The predicted molar refractivity (Wildman–Crippen MR) is 77.9 cm³/mol. The van der Waals surface area contributed by atoms with E-state index in [0.29, 0.717) is 6.54 Å². The van der Waals surface area contributed by atoms with E-state index in [9.17, 15) is 5.11 Å². The van der Waals surface area contributed by atoms with Gasteiger partial charge in [0.25, 0.3) is 0 Å². The second-order valence-corrected chi connectivity index (χ2v) is 5.40. The Hall–Kier alpha value is -0.860. The molecule has 0 spiro atoms. The third kappa shape index (κ3) is 3.82. The average molecular weight is 249 g/mol. The lowest BCUT2D eigenvalue weighted by molar-refractivity contribution is 0.0323. The van der Waals surface area contributed by atoms with E-state index < -0.39 is 5.60 Å². The minimum Gasteiger partial charge on any atom is -0.389 e. The Bertz CT molecular complexity index is 394. The van der Waals surface area contributed by atoms with Gasteiger partial charge in [0.2, 0.25) is 0 Å². The Morgan fingerprint density at radius 2 is 1.56 bits per heavy atom. The van der Waals surface area contributed by atoms with Crippen LogP contribution in [0.1, 0.15) is 48.9 Å². The molecule has 2 N–H and O–H groups in total. The van der Waals surface area contributed by atoms with Crippen molar-refractivity contribution >= 4 is 0 Å². The van der Waals surface area contributed by atoms with Crippen molar-refractivity contribution in [1.29, 1.82) is 0 Å². The molecule has 1 rings (SSSR count). The monoisotopic (exact) mass is 249 g/mol. The summed E-state index contributed by atoms with van der Waals surface area (Å²) in [7, 11) is 0. The van der Waals surface area contributed by atoms with Crippen LogP contribution in [0.2, 0.25) is 0 Å². The Morgan fingerprint density at radius 1 is 1.00 bits per heavy atom. The molecule has 0 aliphatic heterocycles. The van der Waals surface area contributed by atoms with E-state index >= 15 is 0 Å². The maximum atomic E-state index is 10.2. The highest BCUT2D eigenvalue weighted by Gasteiger charge is 2.21. The van der Waals surface area contributed by atoms with Crippen LogP contribution in [0.5, 0.6) is 0 Å². The highest BCUT2D eigenvalue weighted by atomic mass is 16.3. The molecule has 2 heteroatoms. The fourth-order valence-electron chi connectivity index (χ4n) is 2.14. The molecule has 0 heterocycles. The smallest absolute Gasteiger partial charge is 0.0766 e. The molecule has 0 bridgehead atoms. The molecule has 0 atom stereocenters. The van der Waals surface area contributed by atoms with E-state index in [1.54, 1.807) is 0 Å². The van der Waals surface area contributed by atoms with Gasteiger partial charge in [-0.3, -0.25) is 0 Å². The van der Waals surface area contributed by atoms with E-state index in [1.165, 1.54) is 22.3 Å². The highest BCUT2D eigenvalue weighted by Crippen LogP contribution is 2.16. The van der Waals surface area contributed by atoms with Crippen LogP contribution in [0.25, 0.3) is 0 Å². The normalized spacial score (nSPS) is 11.9. The highest BCUT2D eigenvalue weighted by molar-refractivity contribution is 5.36. The molecule has 0 saturated carbocycles. The third-order valence-corrected chi connectivity index (χ3v) is 4.04. The number of hydrogen-bond acceptors (Lipinski definition) is 2. The van der Waals surface area contributed by atoms with Gasteiger partial charge in [-0.1, -0.05) is 26.0 Å². The molecule has 1 aromatic rings. The van der Waals surface area contributed by atoms with E-state index in [4.69, 9.17) is 0 Å². The van der Waals surface area contributed by atoms with Crippen LogP contribution in [-0.4, -0.2) is 17.3 Å². The standard InChI is InChI=1S/C16H27NO/c1-6-16(18,7-2)11-17-10-15-9-13(4)12(3)8-14(15)5/h8-9,17-18H,6-7,10-11H2,1-5H3. The van der Waals surface area contributed by atoms with Crippen LogP contribution >= 0.6 is 0 Å². The van der Waals surface area contributed by atoms with Crippen LogP contribution in [0.3, 0.4) is 0 Å². The minimum atomic E-state index is -0.562. The molecular formula is C16H27NO. The summed E-state index contributed by atoms with van der Waals surface area (Å²) < 4.78 is 0. The third-order valence-electron chi connectivity index (χ3n) is 4.04. The average Bonchev–Trinajstić information content (AvgIpc) is 2.35. The molecule has 0 aliphatic carbocycles. The topological polar surface area (TPSA) is 32.3 Å². The Kier molecular flexibility index (Phi) is 5.36. The van der Waals surface area contributed by atoms with Gasteiger partial charge in [0.15, 0.2) is 0 Å². The van der Waals surface area contributed by atoms with Crippen molar-refractivity contribution in [1.82, 2.24) is 5.32 Å². The Labute approximate surface area is 111 Å². The second kappa shape index (κ2) is 6.35. The first-order valence-electron chi connectivity index (χ1n) is 6.91. The zero-order valence-electron chi connectivity index (χ0n) is 12.4. The molecule has 0 amide bonds. The number of benzene rings is 1. The summed E-state index contributed by atoms with van der Waals surface area (Å²) in [4.78, 5) is 0. The molecule has 0 radical (unpaired) electrons. The molecule has 0 unspecified atom stereocenters. The zero-order chi connectivity index (χ0) is 13.8. The van der Waals surface area contributed by atoms with Crippen LogP contribution in [0.4, 0.5) is 0 Å². The fraction of sp³-hybridized carbons (Fsp3) is 0.625. The van der Waals surface area contributed by atoms with Crippen molar-refractivity contribution < 1.29 is 5.11 Å². The summed E-state index contributed by atoms with van der Waals surface area (Å²) in [5, 5.41) is 13.6. The number of nitrogens with one attached hydrogen (secondary N) is 1. The molecule has 2 nitrogen and oxygen atoms in total. The van der Waals surface area contributed by atoms with E-state index in [-0.39, 0.29) is 0 Å². The minimum absolute atomic E-state index is 0.562. The summed E-state index contributed by atoms with van der Waals surface area (Å²) in [6.07, 6.45) is 1.59. The second-order valence-electron chi connectivity index (χ2n) is 5.40. The number of hydrogen-bond donors (Lipinski definition) is 2. The van der Waals surface area contributed by atoms with E-state index in [1.807, 2.05) is 13.8 Å². The molecule has 0 saturated heterocycles. The van der Waals surface area contributed by atoms with Gasteiger partial charge >= 0.3 is 0 Å². The van der Waals surface area contributed by atoms with Gasteiger partial charge in [-0.05, 0) is 55.9 Å². The van der Waals surface area contributed by atoms with Gasteiger partial charge in [-0.25, -0.2) is 0 Å². The molecular weight excluding hydrogens is 222 g/mol. The summed E-state index contributed by atoms with van der Waals surface area (Å²) in [5.74, 6) is 0. The Balaban J connectivity index is 2.62. The molecule has 0 aromatic heterocycles. The van der Waals surface area contributed by atoms with Gasteiger partial charge in [0.1, 0.15) is 0 Å². The first kappa shape index (κ1) is 15.2. The summed E-state index contributed by atoms with van der Waals surface area (Å²) in [6, 6.07) is 4.48. The molecule has 18 heavy (non-hydrogen) atoms. The van der Waals surface area contributed by atoms with Crippen molar-refractivity contribution in [2.45, 2.75) is 59.6 Å². The zero-order valence-corrected chi connectivity index (χ0v) is 12.4. The van der Waals surface area contributed by atoms with Gasteiger partial charge in [-0.15, -0.1) is 0 Å². The Morgan fingerprint density at radius 3 is 2.11 bits per heavy atom. The quantitative estimate of drug-likeness (QED) is 0.811. The lowest BCUT2D eigenvalue weighted by atomic mass is 9.97. The van der Waals surface area contributed by atoms with Crippen LogP contribution in [-0.2, 0) is 6.54 Å². The maximum Gasteiger partial charge on any atom is 0.0766 e.